The van der Waals surface area contributed by atoms with Gasteiger partial charge >= 0.3 is 0 Å². The number of hydrogen-bond acceptors (Lipinski definition) is 2. The Morgan fingerprint density at radius 3 is 2.89 bits per heavy atom. The minimum absolute atomic E-state index is 0.568. The van der Waals surface area contributed by atoms with Gasteiger partial charge in [-0.15, -0.1) is 0 Å². The fraction of sp³-hybridized carbons (Fsp3) is 0.765. The summed E-state index contributed by atoms with van der Waals surface area (Å²) in [5.74, 6) is 2.78. The molecule has 0 saturated heterocycles. The molecule has 3 unspecified atom stereocenters. The molecule has 0 radical (unpaired) electrons. The summed E-state index contributed by atoms with van der Waals surface area (Å²) >= 11 is 1.85. The second-order valence-electron chi connectivity index (χ2n) is 7.28. The van der Waals surface area contributed by atoms with E-state index in [0.717, 1.165) is 17.8 Å². The number of hydrogen-bond donors (Lipinski definition) is 1. The molecular formula is C17H27NS. The van der Waals surface area contributed by atoms with Gasteiger partial charge in [0.1, 0.15) is 0 Å². The van der Waals surface area contributed by atoms with Crippen LogP contribution in [0.3, 0.4) is 0 Å². The van der Waals surface area contributed by atoms with Gasteiger partial charge in [-0.2, -0.15) is 11.3 Å². The first-order valence-corrected chi connectivity index (χ1v) is 8.84. The van der Waals surface area contributed by atoms with Crippen LogP contribution < -0.4 is 5.32 Å². The van der Waals surface area contributed by atoms with E-state index in [1.54, 1.807) is 5.56 Å². The zero-order valence-corrected chi connectivity index (χ0v) is 13.1. The van der Waals surface area contributed by atoms with Gasteiger partial charge in [-0.1, -0.05) is 20.3 Å². The van der Waals surface area contributed by atoms with E-state index in [-0.39, 0.29) is 0 Å². The van der Waals surface area contributed by atoms with Crippen molar-refractivity contribution in [3.05, 3.63) is 22.4 Å². The second kappa shape index (κ2) is 5.57. The molecule has 2 fully saturated rings. The molecule has 1 aromatic heterocycles. The summed E-state index contributed by atoms with van der Waals surface area (Å²) < 4.78 is 0. The minimum Gasteiger partial charge on any atom is -0.316 e. The van der Waals surface area contributed by atoms with E-state index in [1.165, 1.54) is 45.2 Å². The second-order valence-corrected chi connectivity index (χ2v) is 8.06. The normalized spacial score (nSPS) is 33.4. The van der Waals surface area contributed by atoms with Gasteiger partial charge < -0.3 is 5.32 Å². The Morgan fingerprint density at radius 1 is 1.42 bits per heavy atom. The molecule has 2 aliphatic rings. The molecule has 2 aliphatic carbocycles. The molecule has 1 heterocycles. The van der Waals surface area contributed by atoms with Crippen LogP contribution in [0.2, 0.25) is 0 Å². The Morgan fingerprint density at radius 2 is 2.32 bits per heavy atom. The zero-order valence-electron chi connectivity index (χ0n) is 12.3. The van der Waals surface area contributed by atoms with Crippen molar-refractivity contribution in [3.63, 3.8) is 0 Å². The molecule has 19 heavy (non-hydrogen) atoms. The van der Waals surface area contributed by atoms with Gasteiger partial charge in [0.2, 0.25) is 0 Å². The van der Waals surface area contributed by atoms with Gasteiger partial charge in [0.15, 0.2) is 0 Å². The van der Waals surface area contributed by atoms with Crippen LogP contribution in [0.25, 0.3) is 0 Å². The average molecular weight is 277 g/mol. The first-order chi connectivity index (χ1) is 9.18. The third-order valence-electron chi connectivity index (χ3n) is 5.27. The lowest BCUT2D eigenvalue weighted by molar-refractivity contribution is 0.155. The largest absolute Gasteiger partial charge is 0.316 e. The maximum atomic E-state index is 3.77. The molecule has 1 nitrogen and oxygen atoms in total. The number of rotatable bonds is 6. The summed E-state index contributed by atoms with van der Waals surface area (Å²) in [6, 6.07) is 2.33. The van der Waals surface area contributed by atoms with E-state index in [2.05, 4.69) is 36.0 Å². The quantitative estimate of drug-likeness (QED) is 0.815. The van der Waals surface area contributed by atoms with Gasteiger partial charge in [-0.05, 0) is 77.8 Å². The molecular weight excluding hydrogens is 250 g/mol. The highest BCUT2D eigenvalue weighted by Gasteiger charge is 2.50. The fourth-order valence-corrected chi connectivity index (χ4v) is 5.13. The van der Waals surface area contributed by atoms with Gasteiger partial charge in [0, 0.05) is 6.54 Å². The molecule has 0 aromatic carbocycles. The van der Waals surface area contributed by atoms with Crippen LogP contribution in [0, 0.1) is 23.2 Å². The monoisotopic (exact) mass is 277 g/mol. The lowest BCUT2D eigenvalue weighted by atomic mass is 9.69. The highest BCUT2D eigenvalue weighted by Crippen LogP contribution is 2.57. The summed E-state index contributed by atoms with van der Waals surface area (Å²) in [5.41, 5.74) is 2.14. The Labute approximate surface area is 121 Å². The van der Waals surface area contributed by atoms with Crippen molar-refractivity contribution in [1.82, 2.24) is 5.32 Å². The van der Waals surface area contributed by atoms with Crippen molar-refractivity contribution in [3.8, 4) is 0 Å². The van der Waals surface area contributed by atoms with E-state index < -0.39 is 0 Å². The fourth-order valence-electron chi connectivity index (χ4n) is 4.46. The van der Waals surface area contributed by atoms with Crippen molar-refractivity contribution in [2.45, 2.75) is 46.0 Å². The predicted octanol–water partition coefficient (Wildman–Crippen LogP) is 4.34. The topological polar surface area (TPSA) is 12.0 Å². The van der Waals surface area contributed by atoms with Crippen molar-refractivity contribution in [2.24, 2.45) is 23.2 Å². The molecule has 0 aliphatic heterocycles. The maximum Gasteiger partial charge on any atom is 0.00139 e. The van der Waals surface area contributed by atoms with Crippen molar-refractivity contribution in [1.29, 1.82) is 0 Å². The van der Waals surface area contributed by atoms with Gasteiger partial charge in [0.05, 0.1) is 0 Å². The molecule has 0 amide bonds. The lowest BCUT2D eigenvalue weighted by Crippen LogP contribution is -2.41. The van der Waals surface area contributed by atoms with Gasteiger partial charge in [-0.3, -0.25) is 0 Å². The number of thiophene rings is 1. The number of fused-ring (bicyclic) bond motifs is 2. The third kappa shape index (κ3) is 2.90. The minimum atomic E-state index is 0.568. The van der Waals surface area contributed by atoms with Crippen LogP contribution in [0.1, 0.15) is 45.1 Å². The predicted molar refractivity (Wildman–Crippen MR) is 83.6 cm³/mol. The molecule has 3 atom stereocenters. The van der Waals surface area contributed by atoms with Crippen LogP contribution >= 0.6 is 11.3 Å². The zero-order chi connectivity index (χ0) is 13.3. The molecule has 2 bridgehead atoms. The van der Waals surface area contributed by atoms with E-state index in [1.807, 2.05) is 11.3 Å². The first kappa shape index (κ1) is 13.6. The molecule has 1 N–H and O–H groups in total. The first-order valence-electron chi connectivity index (χ1n) is 7.90. The van der Waals surface area contributed by atoms with Crippen LogP contribution in [0.15, 0.2) is 16.8 Å². The molecule has 2 saturated carbocycles. The van der Waals surface area contributed by atoms with E-state index >= 15 is 0 Å². The Hall–Kier alpha value is -0.340. The summed E-state index contributed by atoms with van der Waals surface area (Å²) in [6.07, 6.45) is 7.27. The highest BCUT2D eigenvalue weighted by atomic mass is 32.1. The van der Waals surface area contributed by atoms with Gasteiger partial charge in [0.25, 0.3) is 0 Å². The summed E-state index contributed by atoms with van der Waals surface area (Å²) in [6.45, 7) is 7.02. The molecule has 106 valence electrons. The van der Waals surface area contributed by atoms with Crippen LogP contribution in [0.5, 0.6) is 0 Å². The van der Waals surface area contributed by atoms with E-state index in [9.17, 15) is 0 Å². The standard InChI is InChI=1S/C17H27NS/c1-13(2)10-18-12-17(9-15-5-6-19-11-15)8-14-3-4-16(17)7-14/h5-6,11,13-14,16,18H,3-4,7-10,12H2,1-2H3. The molecule has 3 rings (SSSR count). The Balaban J connectivity index is 1.69. The molecule has 1 aromatic rings. The van der Waals surface area contributed by atoms with Gasteiger partial charge in [-0.25, -0.2) is 0 Å². The molecule has 0 spiro atoms. The Kier molecular flexibility index (Phi) is 4.00. The smallest absolute Gasteiger partial charge is 0.00139 e. The summed E-state index contributed by atoms with van der Waals surface area (Å²) in [7, 11) is 0. The van der Waals surface area contributed by atoms with E-state index in [0.29, 0.717) is 5.41 Å². The summed E-state index contributed by atoms with van der Waals surface area (Å²) in [5, 5.41) is 8.36. The molecule has 2 heteroatoms. The van der Waals surface area contributed by atoms with Crippen LogP contribution in [-0.2, 0) is 6.42 Å². The highest BCUT2D eigenvalue weighted by molar-refractivity contribution is 7.07. The van der Waals surface area contributed by atoms with Crippen LogP contribution in [0.4, 0.5) is 0 Å². The van der Waals surface area contributed by atoms with Crippen molar-refractivity contribution < 1.29 is 0 Å². The number of nitrogens with one attached hydrogen (secondary N) is 1. The maximum absolute atomic E-state index is 3.77. The average Bonchev–Trinajstić information content (AvgIpc) is 3.04. The SMILES string of the molecule is CC(C)CNCC1(Cc2ccsc2)CC2CCC1C2. The lowest BCUT2D eigenvalue weighted by Gasteiger charge is -2.38. The van der Waals surface area contributed by atoms with Crippen LogP contribution in [-0.4, -0.2) is 13.1 Å². The van der Waals surface area contributed by atoms with Crippen molar-refractivity contribution >= 4 is 11.3 Å². The third-order valence-corrected chi connectivity index (χ3v) is 6.00. The summed E-state index contributed by atoms with van der Waals surface area (Å²) in [4.78, 5) is 0. The Bertz CT molecular complexity index is 397. The van der Waals surface area contributed by atoms with Crippen molar-refractivity contribution in [2.75, 3.05) is 13.1 Å². The van der Waals surface area contributed by atoms with E-state index in [4.69, 9.17) is 0 Å².